The lowest BCUT2D eigenvalue weighted by Crippen LogP contribution is -2.08. The number of nitrogens with zero attached hydrogens (tertiary/aromatic N) is 3. The Morgan fingerprint density at radius 2 is 2.25 bits per heavy atom. The molecular weight excluding hydrogens is 332 g/mol. The highest BCUT2D eigenvalue weighted by atomic mass is 79.9. The van der Waals surface area contributed by atoms with Crippen LogP contribution in [0.15, 0.2) is 29.0 Å². The second kappa shape index (κ2) is 5.29. The third-order valence-electron chi connectivity index (χ3n) is 2.58. The first-order valence-corrected chi connectivity index (χ1v) is 6.10. The van der Waals surface area contributed by atoms with Crippen molar-refractivity contribution in [1.29, 1.82) is 0 Å². The van der Waals surface area contributed by atoms with Crippen LogP contribution < -0.4 is 5.73 Å². The van der Waals surface area contributed by atoms with Gasteiger partial charge in [0, 0.05) is 16.6 Å². The van der Waals surface area contributed by atoms with E-state index in [1.165, 1.54) is 36.2 Å². The number of nitro groups is 1. The minimum atomic E-state index is -0.678. The fourth-order valence-electron chi connectivity index (χ4n) is 1.60. The summed E-state index contributed by atoms with van der Waals surface area (Å²) in [5, 5.41) is 10.8. The van der Waals surface area contributed by atoms with Gasteiger partial charge in [0.1, 0.15) is 12.1 Å². The number of carbonyl (C=O) groups excluding carboxylic acids is 1. The van der Waals surface area contributed by atoms with Gasteiger partial charge >= 0.3 is 5.97 Å². The molecule has 2 N–H and O–H groups in total. The highest BCUT2D eigenvalue weighted by Gasteiger charge is 2.19. The van der Waals surface area contributed by atoms with Gasteiger partial charge in [0.2, 0.25) is 0 Å². The van der Waals surface area contributed by atoms with Gasteiger partial charge in [0.25, 0.3) is 5.69 Å². The number of hydrogen-bond donors (Lipinski definition) is 1. The number of methoxy groups -OCH3 is 1. The van der Waals surface area contributed by atoms with E-state index in [2.05, 4.69) is 25.7 Å². The number of anilines is 1. The van der Waals surface area contributed by atoms with Gasteiger partial charge in [-0.15, -0.1) is 0 Å². The minimum absolute atomic E-state index is 0.0399. The van der Waals surface area contributed by atoms with Gasteiger partial charge in [-0.3, -0.25) is 14.7 Å². The van der Waals surface area contributed by atoms with E-state index in [0.717, 1.165) is 0 Å². The monoisotopic (exact) mass is 340 g/mol. The number of hydrogen-bond acceptors (Lipinski definition) is 6. The van der Waals surface area contributed by atoms with Gasteiger partial charge in [0.05, 0.1) is 17.7 Å². The number of nitrogens with two attached hydrogens (primary N) is 1. The van der Waals surface area contributed by atoms with Crippen LogP contribution in [0.1, 0.15) is 10.5 Å². The average Bonchev–Trinajstić information content (AvgIpc) is 2.80. The number of imidazole rings is 1. The molecule has 0 spiro atoms. The maximum atomic E-state index is 11.4. The van der Waals surface area contributed by atoms with Crippen LogP contribution in [0.4, 0.5) is 11.5 Å². The zero-order chi connectivity index (χ0) is 14.9. The molecule has 0 bridgehead atoms. The average molecular weight is 341 g/mol. The summed E-state index contributed by atoms with van der Waals surface area (Å²) in [6.07, 6.45) is 1.30. The maximum Gasteiger partial charge on any atom is 0.360 e. The normalized spacial score (nSPS) is 10.3. The number of nitro benzene ring substituents is 1. The van der Waals surface area contributed by atoms with E-state index in [9.17, 15) is 14.9 Å². The summed E-state index contributed by atoms with van der Waals surface area (Å²) >= 11 is 3.27. The zero-order valence-corrected chi connectivity index (χ0v) is 11.8. The molecule has 1 aromatic carbocycles. The molecule has 0 aliphatic rings. The lowest BCUT2D eigenvalue weighted by molar-refractivity contribution is -0.384. The zero-order valence-electron chi connectivity index (χ0n) is 10.2. The number of carbonyl (C=O) groups is 1. The van der Waals surface area contributed by atoms with Crippen molar-refractivity contribution in [3.05, 3.63) is 44.8 Å². The van der Waals surface area contributed by atoms with Crippen LogP contribution in [-0.4, -0.2) is 27.6 Å². The van der Waals surface area contributed by atoms with Crippen LogP contribution >= 0.6 is 15.9 Å². The molecule has 0 unspecified atom stereocenters. The van der Waals surface area contributed by atoms with Crippen LogP contribution in [0.25, 0.3) is 5.69 Å². The van der Waals surface area contributed by atoms with Crippen molar-refractivity contribution in [1.82, 2.24) is 9.55 Å². The number of halogens is 1. The quantitative estimate of drug-likeness (QED) is 0.518. The van der Waals surface area contributed by atoms with Crippen LogP contribution in [0, 0.1) is 10.1 Å². The standard InChI is InChI=1S/C11H9BrN4O4/c1-20-11(17)9-10(13)15(5-14-9)8-4-6(16(18)19)2-3-7(8)12/h2-5H,13H2,1H3. The van der Waals surface area contributed by atoms with E-state index >= 15 is 0 Å². The van der Waals surface area contributed by atoms with E-state index in [-0.39, 0.29) is 17.2 Å². The lowest BCUT2D eigenvalue weighted by Gasteiger charge is -2.07. The molecule has 0 radical (unpaired) electrons. The largest absolute Gasteiger partial charge is 0.464 e. The van der Waals surface area contributed by atoms with Gasteiger partial charge < -0.3 is 10.5 Å². The molecule has 0 amide bonds. The molecule has 20 heavy (non-hydrogen) atoms. The fourth-order valence-corrected chi connectivity index (χ4v) is 2.04. The lowest BCUT2D eigenvalue weighted by atomic mass is 10.3. The third kappa shape index (κ3) is 2.35. The third-order valence-corrected chi connectivity index (χ3v) is 3.25. The predicted molar refractivity (Wildman–Crippen MR) is 73.7 cm³/mol. The molecule has 1 aromatic heterocycles. The summed E-state index contributed by atoms with van der Waals surface area (Å²) in [6.45, 7) is 0. The second-order valence-electron chi connectivity index (χ2n) is 3.73. The van der Waals surface area contributed by atoms with Crippen molar-refractivity contribution in [2.24, 2.45) is 0 Å². The molecule has 8 nitrogen and oxygen atoms in total. The molecule has 0 fully saturated rings. The SMILES string of the molecule is COC(=O)c1ncn(-c2cc([N+](=O)[O-])ccc2Br)c1N. The number of benzene rings is 1. The Bertz CT molecular complexity index is 698. The molecule has 0 saturated heterocycles. The van der Waals surface area contributed by atoms with Crippen molar-refractivity contribution in [2.45, 2.75) is 0 Å². The predicted octanol–water partition coefficient (Wildman–Crippen LogP) is 1.91. The van der Waals surface area contributed by atoms with E-state index in [0.29, 0.717) is 10.2 Å². The van der Waals surface area contributed by atoms with Crippen molar-refractivity contribution in [3.63, 3.8) is 0 Å². The fraction of sp³-hybridized carbons (Fsp3) is 0.0909. The number of ether oxygens (including phenoxy) is 1. The van der Waals surface area contributed by atoms with E-state index in [1.807, 2.05) is 0 Å². The first-order chi connectivity index (χ1) is 9.45. The molecule has 0 aliphatic heterocycles. The smallest absolute Gasteiger partial charge is 0.360 e. The van der Waals surface area contributed by atoms with Gasteiger partial charge in [-0.1, -0.05) is 0 Å². The molecule has 0 atom stereocenters. The molecule has 0 aliphatic carbocycles. The van der Waals surface area contributed by atoms with Gasteiger partial charge in [-0.2, -0.15) is 0 Å². The van der Waals surface area contributed by atoms with Crippen LogP contribution in [0.5, 0.6) is 0 Å². The summed E-state index contributed by atoms with van der Waals surface area (Å²) in [4.78, 5) is 25.6. The molecule has 2 rings (SSSR count). The first kappa shape index (κ1) is 14.0. The highest BCUT2D eigenvalue weighted by Crippen LogP contribution is 2.28. The summed E-state index contributed by atoms with van der Waals surface area (Å²) in [7, 11) is 1.21. The maximum absolute atomic E-state index is 11.4. The van der Waals surface area contributed by atoms with Gasteiger partial charge in [0.15, 0.2) is 5.69 Å². The van der Waals surface area contributed by atoms with Crippen LogP contribution in [-0.2, 0) is 4.74 Å². The van der Waals surface area contributed by atoms with E-state index in [4.69, 9.17) is 5.73 Å². The molecule has 1 heterocycles. The minimum Gasteiger partial charge on any atom is -0.464 e. The van der Waals surface area contributed by atoms with Crippen LogP contribution in [0.2, 0.25) is 0 Å². The second-order valence-corrected chi connectivity index (χ2v) is 4.59. The molecule has 0 saturated carbocycles. The Hall–Kier alpha value is -2.42. The van der Waals surface area contributed by atoms with Gasteiger partial charge in [-0.25, -0.2) is 9.78 Å². The number of rotatable bonds is 3. The number of aromatic nitrogens is 2. The number of nitrogen functional groups attached to an aromatic ring is 1. The van der Waals surface area contributed by atoms with E-state index < -0.39 is 10.9 Å². The summed E-state index contributed by atoms with van der Waals surface area (Å²) in [5.74, 6) is -0.638. The van der Waals surface area contributed by atoms with Crippen molar-refractivity contribution >= 4 is 33.4 Å². The molecule has 2 aromatic rings. The Kier molecular flexibility index (Phi) is 3.70. The number of non-ortho nitro benzene ring substituents is 1. The molecular formula is C11H9BrN4O4. The van der Waals surface area contributed by atoms with Crippen molar-refractivity contribution < 1.29 is 14.5 Å². The topological polar surface area (TPSA) is 113 Å². The summed E-state index contributed by atoms with van der Waals surface area (Å²) < 4.78 is 6.48. The summed E-state index contributed by atoms with van der Waals surface area (Å²) in [6, 6.07) is 4.19. The first-order valence-electron chi connectivity index (χ1n) is 5.31. The van der Waals surface area contributed by atoms with E-state index in [1.54, 1.807) is 0 Å². The Labute approximate surface area is 121 Å². The number of esters is 1. The Morgan fingerprint density at radius 3 is 2.85 bits per heavy atom. The Balaban J connectivity index is 2.57. The van der Waals surface area contributed by atoms with Crippen LogP contribution in [0.3, 0.4) is 0 Å². The highest BCUT2D eigenvalue weighted by molar-refractivity contribution is 9.10. The van der Waals surface area contributed by atoms with Crippen molar-refractivity contribution in [2.75, 3.05) is 12.8 Å². The molecule has 104 valence electrons. The molecule has 9 heteroatoms. The van der Waals surface area contributed by atoms with Gasteiger partial charge in [-0.05, 0) is 22.0 Å². The summed E-state index contributed by atoms with van der Waals surface area (Å²) in [5.41, 5.74) is 6.07. The van der Waals surface area contributed by atoms with Crippen molar-refractivity contribution in [3.8, 4) is 5.69 Å². The Morgan fingerprint density at radius 1 is 1.55 bits per heavy atom.